The van der Waals surface area contributed by atoms with Crippen LogP contribution < -0.4 is 0 Å². The van der Waals surface area contributed by atoms with Crippen LogP contribution in [0.25, 0.3) is 0 Å². The van der Waals surface area contributed by atoms with Crippen molar-refractivity contribution in [2.75, 3.05) is 20.3 Å². The number of phosphoric acid groups is 1. The van der Waals surface area contributed by atoms with Crippen molar-refractivity contribution in [1.29, 1.82) is 0 Å². The molecule has 0 heterocycles. The van der Waals surface area contributed by atoms with Crippen molar-refractivity contribution >= 4 is 31.0 Å². The second kappa shape index (κ2) is 8.84. The van der Waals surface area contributed by atoms with E-state index in [1.807, 2.05) is 0 Å². The second-order valence-electron chi connectivity index (χ2n) is 2.52. The molecule has 100 valence electrons. The zero-order valence-electron chi connectivity index (χ0n) is 9.81. The van der Waals surface area contributed by atoms with E-state index in [1.54, 1.807) is 13.8 Å². The van der Waals surface area contributed by atoms with Gasteiger partial charge in [0.25, 0.3) is 5.95 Å². The average Bonchev–Trinajstić information content (AvgIpc) is 2.24. The van der Waals surface area contributed by atoms with Crippen molar-refractivity contribution < 1.29 is 22.9 Å². The Kier molecular flexibility index (Phi) is 8.74. The number of ether oxygens (including phenoxy) is 1. The first-order valence-electron chi connectivity index (χ1n) is 4.83. The molecule has 0 bridgehead atoms. The summed E-state index contributed by atoms with van der Waals surface area (Å²) >= 11 is 10.8. The van der Waals surface area contributed by atoms with E-state index in [0.717, 1.165) is 0 Å². The topological polar surface area (TPSA) is 54.0 Å². The summed E-state index contributed by atoms with van der Waals surface area (Å²) in [6, 6.07) is 0. The number of halogens is 2. The van der Waals surface area contributed by atoms with Crippen LogP contribution >= 0.6 is 31.0 Å². The Hall–Kier alpha value is -0.190. The number of allylic oxidation sites excluding steroid dienone is 2. The Balaban J connectivity index is 4.77. The van der Waals surface area contributed by atoms with Crippen LogP contribution in [-0.4, -0.2) is 20.3 Å². The van der Waals surface area contributed by atoms with Crippen LogP contribution in [-0.2, 0) is 22.9 Å². The van der Waals surface area contributed by atoms with Crippen molar-refractivity contribution in [3.05, 3.63) is 22.6 Å². The van der Waals surface area contributed by atoms with Crippen LogP contribution in [0.5, 0.6) is 0 Å². The first kappa shape index (κ1) is 16.8. The third-order valence-electron chi connectivity index (χ3n) is 1.32. The fourth-order valence-electron chi connectivity index (χ4n) is 0.783. The maximum absolute atomic E-state index is 12.0. The van der Waals surface area contributed by atoms with Gasteiger partial charge in [-0.25, -0.2) is 4.57 Å². The lowest BCUT2D eigenvalue weighted by Crippen LogP contribution is -2.01. The van der Waals surface area contributed by atoms with Gasteiger partial charge in [-0.2, -0.15) is 0 Å². The zero-order chi connectivity index (χ0) is 13.3. The van der Waals surface area contributed by atoms with Crippen molar-refractivity contribution in [3.8, 4) is 0 Å². The monoisotopic (exact) mass is 304 g/mol. The minimum atomic E-state index is -3.66. The van der Waals surface area contributed by atoms with Gasteiger partial charge < -0.3 is 9.26 Å². The van der Waals surface area contributed by atoms with Crippen molar-refractivity contribution in [1.82, 2.24) is 0 Å². The molecule has 5 nitrogen and oxygen atoms in total. The van der Waals surface area contributed by atoms with Gasteiger partial charge >= 0.3 is 7.82 Å². The first-order valence-corrected chi connectivity index (χ1v) is 7.04. The molecule has 0 unspecified atom stereocenters. The van der Waals surface area contributed by atoms with E-state index in [4.69, 9.17) is 41.5 Å². The third-order valence-corrected chi connectivity index (χ3v) is 3.13. The van der Waals surface area contributed by atoms with E-state index in [9.17, 15) is 4.57 Å². The molecule has 0 aromatic carbocycles. The minimum Gasteiger partial charge on any atom is -0.468 e. The highest BCUT2D eigenvalue weighted by molar-refractivity contribution is 7.48. The van der Waals surface area contributed by atoms with E-state index < -0.39 is 7.82 Å². The summed E-state index contributed by atoms with van der Waals surface area (Å²) in [4.78, 5) is 0. The number of hydrogen-bond acceptors (Lipinski definition) is 5. The Morgan fingerprint density at radius 3 is 2.06 bits per heavy atom. The highest BCUT2D eigenvalue weighted by Crippen LogP contribution is 2.51. The molecule has 0 saturated carbocycles. The molecule has 8 heteroatoms. The van der Waals surface area contributed by atoms with Crippen LogP contribution in [0.2, 0.25) is 0 Å². The summed E-state index contributed by atoms with van der Waals surface area (Å²) in [7, 11) is -2.32. The fourth-order valence-corrected chi connectivity index (χ4v) is 2.08. The number of methoxy groups -OCH3 is 1. The molecule has 0 amide bonds. The van der Waals surface area contributed by atoms with Gasteiger partial charge in [-0.1, -0.05) is 23.2 Å². The summed E-state index contributed by atoms with van der Waals surface area (Å²) in [5.74, 6) is -0.0750. The molecule has 0 radical (unpaired) electrons. The first-order chi connectivity index (χ1) is 7.97. The lowest BCUT2D eigenvalue weighted by atomic mass is 10.6. The van der Waals surface area contributed by atoms with Gasteiger partial charge in [-0.3, -0.25) is 9.05 Å². The van der Waals surface area contributed by atoms with Gasteiger partial charge in [0.2, 0.25) is 0 Å². The molecule has 0 fully saturated rings. The Morgan fingerprint density at radius 2 is 1.71 bits per heavy atom. The Labute approximate surface area is 111 Å². The van der Waals surface area contributed by atoms with Crippen LogP contribution in [0.15, 0.2) is 22.6 Å². The second-order valence-corrected chi connectivity index (χ2v) is 5.12. The molecule has 0 aliphatic heterocycles. The summed E-state index contributed by atoms with van der Waals surface area (Å²) in [6.07, 6.45) is 2.62. The molecule has 0 N–H and O–H groups in total. The van der Waals surface area contributed by atoms with E-state index >= 15 is 0 Å². The largest absolute Gasteiger partial charge is 0.532 e. The smallest absolute Gasteiger partial charge is 0.468 e. The van der Waals surface area contributed by atoms with Crippen molar-refractivity contribution in [3.63, 3.8) is 0 Å². The van der Waals surface area contributed by atoms with Gasteiger partial charge in [0.15, 0.2) is 0 Å². The molecule has 0 aliphatic rings. The Bertz CT molecular complexity index is 315. The normalized spacial score (nSPS) is 12.2. The van der Waals surface area contributed by atoms with E-state index in [1.165, 1.54) is 19.3 Å². The predicted octanol–water partition coefficient (Wildman–Crippen LogP) is 3.99. The summed E-state index contributed by atoms with van der Waals surface area (Å²) in [5.41, 5.74) is 0. The quantitative estimate of drug-likeness (QED) is 0.385. The molecule has 0 atom stereocenters. The van der Waals surface area contributed by atoms with Gasteiger partial charge in [0, 0.05) is 6.08 Å². The average molecular weight is 305 g/mol. The summed E-state index contributed by atoms with van der Waals surface area (Å²) < 4.78 is 31.6. The van der Waals surface area contributed by atoms with E-state index in [2.05, 4.69) is 0 Å². The molecule has 0 aromatic rings. The zero-order valence-corrected chi connectivity index (χ0v) is 12.2. The highest BCUT2D eigenvalue weighted by Gasteiger charge is 2.28. The molecule has 0 aliphatic carbocycles. The van der Waals surface area contributed by atoms with Crippen LogP contribution in [0.4, 0.5) is 0 Å². The van der Waals surface area contributed by atoms with Gasteiger partial charge in [-0.15, -0.1) is 0 Å². The van der Waals surface area contributed by atoms with E-state index in [0.29, 0.717) is 0 Å². The molecular weight excluding hydrogens is 290 g/mol. The predicted molar refractivity (Wildman–Crippen MR) is 66.8 cm³/mol. The maximum atomic E-state index is 12.0. The van der Waals surface area contributed by atoms with Crippen molar-refractivity contribution in [2.45, 2.75) is 13.8 Å². The van der Waals surface area contributed by atoms with Gasteiger partial charge in [0.1, 0.15) is 4.49 Å². The highest BCUT2D eigenvalue weighted by atomic mass is 35.5. The molecule has 17 heavy (non-hydrogen) atoms. The maximum Gasteiger partial charge on any atom is 0.532 e. The lowest BCUT2D eigenvalue weighted by molar-refractivity contribution is 0.0834. The Morgan fingerprint density at radius 1 is 1.18 bits per heavy atom. The molecular formula is C9H15Cl2O5P. The summed E-state index contributed by atoms with van der Waals surface area (Å²) in [6.45, 7) is 3.70. The molecule has 0 saturated heterocycles. The SMILES string of the molecule is CCOP(=O)(OCC)O/C(=C/C=C(Cl)Cl)OC. The van der Waals surface area contributed by atoms with Crippen LogP contribution in [0.1, 0.15) is 13.8 Å². The summed E-state index contributed by atoms with van der Waals surface area (Å²) in [5, 5.41) is 0. The fraction of sp³-hybridized carbons (Fsp3) is 0.556. The molecule has 0 aromatic heterocycles. The standard InChI is InChI=1S/C9H15Cl2O5P/c1-4-14-17(12,15-5-2)16-9(13-3)7-6-8(10)11/h6-7H,4-5H2,1-3H3/b9-7+. The lowest BCUT2D eigenvalue weighted by Gasteiger charge is -2.17. The molecule has 0 spiro atoms. The third kappa shape index (κ3) is 7.68. The number of phosphoric ester groups is 1. The van der Waals surface area contributed by atoms with Gasteiger partial charge in [0.05, 0.1) is 20.3 Å². The van der Waals surface area contributed by atoms with Crippen LogP contribution in [0, 0.1) is 0 Å². The van der Waals surface area contributed by atoms with E-state index in [-0.39, 0.29) is 23.7 Å². The molecule has 0 rings (SSSR count). The van der Waals surface area contributed by atoms with Gasteiger partial charge in [-0.05, 0) is 19.9 Å². The van der Waals surface area contributed by atoms with Crippen LogP contribution in [0.3, 0.4) is 0 Å². The minimum absolute atomic E-state index is 0.00537. The van der Waals surface area contributed by atoms with Crippen molar-refractivity contribution in [2.24, 2.45) is 0 Å². The number of hydrogen-bond donors (Lipinski definition) is 0. The number of rotatable bonds is 8.